The van der Waals surface area contributed by atoms with Crippen molar-refractivity contribution in [1.82, 2.24) is 9.97 Å². The largest absolute Gasteiger partial charge is 0.438 e. The Morgan fingerprint density at radius 3 is 2.58 bits per heavy atom. The second-order valence-electron chi connectivity index (χ2n) is 7.15. The smallest absolute Gasteiger partial charge is 0.255 e. The highest BCUT2D eigenvalue weighted by atomic mass is 16.5. The summed E-state index contributed by atoms with van der Waals surface area (Å²) in [7, 11) is 0. The van der Waals surface area contributed by atoms with Gasteiger partial charge in [0.1, 0.15) is 5.75 Å². The number of benzene rings is 2. The van der Waals surface area contributed by atoms with Crippen molar-refractivity contribution in [3.8, 4) is 22.8 Å². The van der Waals surface area contributed by atoms with Gasteiger partial charge in [0.15, 0.2) is 0 Å². The van der Waals surface area contributed by atoms with Crippen molar-refractivity contribution >= 4 is 11.6 Å². The lowest BCUT2D eigenvalue weighted by molar-refractivity contribution is 0.102. The number of carbonyl (C=O) groups excluding carboxylic acids is 1. The number of hydrogen-bond donors (Lipinski definition) is 1. The molecule has 0 bridgehead atoms. The van der Waals surface area contributed by atoms with Gasteiger partial charge in [0, 0.05) is 34.9 Å². The molecule has 4 rings (SSSR count). The number of pyridine rings is 2. The summed E-state index contributed by atoms with van der Waals surface area (Å²) in [6.45, 7) is 4.01. The number of rotatable bonds is 6. The molecule has 0 spiro atoms. The van der Waals surface area contributed by atoms with E-state index < -0.39 is 0 Å². The molecule has 0 saturated heterocycles. The Morgan fingerprint density at radius 1 is 0.935 bits per heavy atom. The number of anilines is 1. The van der Waals surface area contributed by atoms with E-state index in [1.54, 1.807) is 24.5 Å². The fourth-order valence-electron chi connectivity index (χ4n) is 3.21. The Morgan fingerprint density at radius 2 is 1.77 bits per heavy atom. The van der Waals surface area contributed by atoms with Gasteiger partial charge in [-0.05, 0) is 73.0 Å². The predicted octanol–water partition coefficient (Wildman–Crippen LogP) is 6.06. The van der Waals surface area contributed by atoms with Gasteiger partial charge < -0.3 is 10.1 Å². The van der Waals surface area contributed by atoms with Crippen LogP contribution in [0.5, 0.6) is 11.6 Å². The van der Waals surface area contributed by atoms with E-state index in [1.165, 1.54) is 0 Å². The summed E-state index contributed by atoms with van der Waals surface area (Å²) in [5.74, 6) is 0.879. The topological polar surface area (TPSA) is 64.1 Å². The lowest BCUT2D eigenvalue weighted by Crippen LogP contribution is -2.12. The minimum atomic E-state index is -0.195. The Hall–Kier alpha value is -3.99. The van der Waals surface area contributed by atoms with Gasteiger partial charge in [0.25, 0.3) is 5.91 Å². The zero-order valence-corrected chi connectivity index (χ0v) is 17.5. The number of amides is 1. The zero-order chi connectivity index (χ0) is 21.6. The maximum absolute atomic E-state index is 12.7. The first-order valence-corrected chi connectivity index (χ1v) is 10.2. The molecule has 4 aromatic rings. The molecule has 5 nitrogen and oxygen atoms in total. The predicted molar refractivity (Wildman–Crippen MR) is 122 cm³/mol. The molecule has 1 amide bonds. The van der Waals surface area contributed by atoms with E-state index in [0.717, 1.165) is 34.5 Å². The van der Waals surface area contributed by atoms with Crippen molar-refractivity contribution in [3.63, 3.8) is 0 Å². The first kappa shape index (κ1) is 20.3. The van der Waals surface area contributed by atoms with Gasteiger partial charge in [-0.15, -0.1) is 0 Å². The molecule has 0 unspecified atom stereocenters. The molecular weight excluding hydrogens is 386 g/mol. The molecule has 0 aliphatic heterocycles. The van der Waals surface area contributed by atoms with Crippen molar-refractivity contribution in [2.24, 2.45) is 0 Å². The molecular formula is C26H23N3O2. The van der Waals surface area contributed by atoms with Crippen molar-refractivity contribution in [2.45, 2.75) is 20.3 Å². The first-order chi connectivity index (χ1) is 15.1. The Labute approximate surface area is 181 Å². The average molecular weight is 409 g/mol. The van der Waals surface area contributed by atoms with Crippen LogP contribution in [-0.4, -0.2) is 15.9 Å². The van der Waals surface area contributed by atoms with E-state index in [-0.39, 0.29) is 5.91 Å². The monoisotopic (exact) mass is 409 g/mol. The van der Waals surface area contributed by atoms with Crippen LogP contribution in [0.2, 0.25) is 0 Å². The first-order valence-electron chi connectivity index (χ1n) is 10.2. The zero-order valence-electron chi connectivity index (χ0n) is 17.5. The summed E-state index contributed by atoms with van der Waals surface area (Å²) in [5, 5.41) is 2.90. The molecule has 1 N–H and O–H groups in total. The van der Waals surface area contributed by atoms with E-state index in [2.05, 4.69) is 22.2 Å². The number of hydrogen-bond acceptors (Lipinski definition) is 4. The van der Waals surface area contributed by atoms with Crippen LogP contribution in [0, 0.1) is 6.92 Å². The van der Waals surface area contributed by atoms with Gasteiger partial charge in [0.05, 0.1) is 0 Å². The second kappa shape index (κ2) is 9.22. The number of aromatic nitrogens is 2. The van der Waals surface area contributed by atoms with Crippen LogP contribution < -0.4 is 10.1 Å². The van der Waals surface area contributed by atoms with Gasteiger partial charge in [0.2, 0.25) is 5.88 Å². The van der Waals surface area contributed by atoms with Crippen LogP contribution in [0.4, 0.5) is 5.69 Å². The van der Waals surface area contributed by atoms with Crippen LogP contribution in [0.25, 0.3) is 11.1 Å². The summed E-state index contributed by atoms with van der Waals surface area (Å²) in [6.07, 6.45) is 4.34. The fourth-order valence-corrected chi connectivity index (χ4v) is 3.21. The van der Waals surface area contributed by atoms with Crippen LogP contribution in [0.3, 0.4) is 0 Å². The van der Waals surface area contributed by atoms with Gasteiger partial charge in [-0.3, -0.25) is 9.78 Å². The molecule has 0 radical (unpaired) electrons. The van der Waals surface area contributed by atoms with E-state index >= 15 is 0 Å². The van der Waals surface area contributed by atoms with E-state index in [4.69, 9.17) is 4.74 Å². The molecule has 2 aromatic carbocycles. The van der Waals surface area contributed by atoms with Gasteiger partial charge >= 0.3 is 0 Å². The molecule has 31 heavy (non-hydrogen) atoms. The lowest BCUT2D eigenvalue weighted by Gasteiger charge is -2.13. The summed E-state index contributed by atoms with van der Waals surface area (Å²) in [4.78, 5) is 21.5. The maximum Gasteiger partial charge on any atom is 0.255 e. The number of carbonyl (C=O) groups is 1. The van der Waals surface area contributed by atoms with Gasteiger partial charge in [-0.25, -0.2) is 4.98 Å². The molecule has 2 heterocycles. The van der Waals surface area contributed by atoms with E-state index in [9.17, 15) is 4.79 Å². The number of aryl methyl sites for hydroxylation is 2. The molecule has 0 atom stereocenters. The molecule has 0 aliphatic carbocycles. The number of nitrogens with zero attached hydrogens (tertiary/aromatic N) is 2. The summed E-state index contributed by atoms with van der Waals surface area (Å²) in [6, 6.07) is 22.6. The SMILES string of the molecule is CCc1cc(-c2cccnc2Oc2cc(C(=O)Nc3ccccc3)ccc2C)ccn1. The number of nitrogens with one attached hydrogen (secondary N) is 1. The second-order valence-corrected chi connectivity index (χ2v) is 7.15. The normalized spacial score (nSPS) is 10.5. The Bertz CT molecular complexity index is 1210. The summed E-state index contributed by atoms with van der Waals surface area (Å²) >= 11 is 0. The average Bonchev–Trinajstić information content (AvgIpc) is 2.81. The highest BCUT2D eigenvalue weighted by Gasteiger charge is 2.14. The minimum absolute atomic E-state index is 0.195. The highest BCUT2D eigenvalue weighted by molar-refractivity contribution is 6.04. The van der Waals surface area contributed by atoms with E-state index in [0.29, 0.717) is 17.2 Å². The molecule has 2 aromatic heterocycles. The molecule has 154 valence electrons. The van der Waals surface area contributed by atoms with Crippen molar-refractivity contribution < 1.29 is 9.53 Å². The standard InChI is InChI=1S/C26H23N3O2/c1-3-21-16-19(13-15-27-21)23-10-7-14-28-26(23)31-24-17-20(12-11-18(24)2)25(30)29-22-8-5-4-6-9-22/h4-17H,3H2,1-2H3,(H,29,30). The third-order valence-corrected chi connectivity index (χ3v) is 4.95. The number of ether oxygens (including phenoxy) is 1. The molecule has 0 saturated carbocycles. The Kier molecular flexibility index (Phi) is 6.03. The third-order valence-electron chi connectivity index (χ3n) is 4.95. The summed E-state index contributed by atoms with van der Waals surface area (Å²) < 4.78 is 6.20. The maximum atomic E-state index is 12.7. The van der Waals surface area contributed by atoms with Crippen LogP contribution in [0.1, 0.15) is 28.5 Å². The lowest BCUT2D eigenvalue weighted by atomic mass is 10.1. The fraction of sp³-hybridized carbons (Fsp3) is 0.115. The highest BCUT2D eigenvalue weighted by Crippen LogP contribution is 2.33. The van der Waals surface area contributed by atoms with Crippen LogP contribution >= 0.6 is 0 Å². The minimum Gasteiger partial charge on any atom is -0.438 e. The quantitative estimate of drug-likeness (QED) is 0.420. The van der Waals surface area contributed by atoms with Gasteiger partial charge in [-0.1, -0.05) is 31.2 Å². The molecule has 0 aliphatic rings. The van der Waals surface area contributed by atoms with Crippen molar-refractivity contribution in [1.29, 1.82) is 0 Å². The van der Waals surface area contributed by atoms with E-state index in [1.807, 2.05) is 67.6 Å². The van der Waals surface area contributed by atoms with Crippen LogP contribution in [0.15, 0.2) is 85.2 Å². The number of para-hydroxylation sites is 1. The van der Waals surface area contributed by atoms with Crippen molar-refractivity contribution in [2.75, 3.05) is 5.32 Å². The van der Waals surface area contributed by atoms with Crippen molar-refractivity contribution in [3.05, 3.63) is 102 Å². The molecule has 0 fully saturated rings. The van der Waals surface area contributed by atoms with Gasteiger partial charge in [-0.2, -0.15) is 0 Å². The Balaban J connectivity index is 1.63. The third kappa shape index (κ3) is 4.78. The molecule has 5 heteroatoms. The summed E-state index contributed by atoms with van der Waals surface area (Å²) in [5.41, 5.74) is 5.04. The van der Waals surface area contributed by atoms with Crippen LogP contribution in [-0.2, 0) is 6.42 Å².